The Kier molecular flexibility index (Phi) is 25.8. The number of nitrogens with one attached hydrogen (secondary N) is 2. The molecule has 3 atom stereocenters. The molecular weight excluding hydrogens is 1240 g/mol. The molecule has 7 N–H and O–H groups in total. The smallest absolute Gasteiger partial charge is 0.276 e. The first-order valence-corrected chi connectivity index (χ1v) is 36.3. The van der Waals surface area contributed by atoms with Crippen LogP contribution in [0.3, 0.4) is 0 Å². The zero-order valence-corrected chi connectivity index (χ0v) is 57.2. The molecule has 1 saturated heterocycles. The fourth-order valence-corrected chi connectivity index (χ4v) is 15.1. The van der Waals surface area contributed by atoms with Gasteiger partial charge < -0.3 is 54.6 Å². The van der Waals surface area contributed by atoms with Gasteiger partial charge in [0.15, 0.2) is 0 Å². The highest BCUT2D eigenvalue weighted by molar-refractivity contribution is 7.74. The lowest BCUT2D eigenvalue weighted by Crippen LogP contribution is -2.41. The molecular formula is C68H91N11O11P3+. The van der Waals surface area contributed by atoms with Crippen molar-refractivity contribution in [1.82, 2.24) is 45.2 Å². The number of carbonyl (C=O) groups excluding carboxylic acids is 2. The Hall–Kier alpha value is -7.00. The molecule has 0 bridgehead atoms. The minimum atomic E-state index is -4.34. The van der Waals surface area contributed by atoms with Gasteiger partial charge in [-0.25, -0.2) is 15.0 Å². The third-order valence-corrected chi connectivity index (χ3v) is 21.5. The van der Waals surface area contributed by atoms with E-state index in [1.165, 1.54) is 14.2 Å². The van der Waals surface area contributed by atoms with Crippen LogP contribution in [0.2, 0.25) is 0 Å². The van der Waals surface area contributed by atoms with Gasteiger partial charge in [0, 0.05) is 113 Å². The summed E-state index contributed by atoms with van der Waals surface area (Å²) in [4.78, 5) is 85.9. The number of ether oxygens (including phenoxy) is 3. The van der Waals surface area contributed by atoms with Crippen molar-refractivity contribution in [3.05, 3.63) is 168 Å². The standard InChI is InChI=1S/C68H90N11O11P3/c1-75(2)31-29-70-63(80)26-24-51-40-54(72-65(42-51)91(82,83)58-18-11-8-12-19-58)48-76-32-33-77(49-55-41-52(25-27-64(81)71-30-38-79(3,4)5)43-66(73-55)92(84,85)59-20-13-9-14-21-59)35-37-78(36-34-76)50-56-44-53(45-67(74-56)93(86,87)60-22-15-10-16-23-60)68-61(88-6)46-57(47-62(68)89-7)90-39-17-28-69/h8-16,18-23,40-47H,17,24-39,48-50,69H2,1-7H3,(H4-,70,71,80,81,82,83,84,85,86,87)/p+1. The average Bonchev–Trinajstić information content (AvgIpc) is 0.805. The van der Waals surface area contributed by atoms with Gasteiger partial charge in [-0.3, -0.25) is 38.0 Å². The monoisotopic (exact) mass is 1330 g/mol. The van der Waals surface area contributed by atoms with E-state index in [0.29, 0.717) is 146 Å². The van der Waals surface area contributed by atoms with Crippen molar-refractivity contribution in [2.45, 2.75) is 51.7 Å². The first-order chi connectivity index (χ1) is 44.4. The molecule has 25 heteroatoms. The molecule has 0 radical (unpaired) electrons. The van der Waals surface area contributed by atoms with E-state index in [9.17, 15) is 38.0 Å². The van der Waals surface area contributed by atoms with Crippen molar-refractivity contribution in [2.75, 3.05) is 128 Å². The predicted octanol–water partition coefficient (Wildman–Crippen LogP) is 4.13. The van der Waals surface area contributed by atoms with Crippen molar-refractivity contribution in [3.8, 4) is 28.4 Å². The van der Waals surface area contributed by atoms with Gasteiger partial charge in [-0.15, -0.1) is 0 Å². The number of hydrogen-bond acceptors (Lipinski definition) is 16. The lowest BCUT2D eigenvalue weighted by Gasteiger charge is -2.26. The van der Waals surface area contributed by atoms with Crippen molar-refractivity contribution >= 4 is 66.1 Å². The van der Waals surface area contributed by atoms with E-state index in [4.69, 9.17) is 34.9 Å². The second-order valence-electron chi connectivity index (χ2n) is 24.6. The number of benzene rings is 4. The van der Waals surface area contributed by atoms with E-state index in [0.717, 1.165) is 6.54 Å². The van der Waals surface area contributed by atoms with Gasteiger partial charge in [-0.05, 0) is 129 Å². The van der Waals surface area contributed by atoms with E-state index < -0.39 is 22.1 Å². The average molecular weight is 1330 g/mol. The van der Waals surface area contributed by atoms with Gasteiger partial charge in [-0.1, -0.05) is 54.6 Å². The summed E-state index contributed by atoms with van der Waals surface area (Å²) in [5.74, 6) is 1.00. The third kappa shape index (κ3) is 20.7. The van der Waals surface area contributed by atoms with E-state index in [2.05, 4.69) is 46.5 Å². The number of pyridine rings is 3. The number of nitrogens with zero attached hydrogens (tertiary/aromatic N) is 8. The molecule has 0 spiro atoms. The Balaban J connectivity index is 1.19. The molecule has 3 aromatic heterocycles. The number of rotatable bonds is 31. The zero-order valence-electron chi connectivity index (χ0n) is 54.5. The number of methoxy groups -OCH3 is 2. The number of aromatic nitrogens is 3. The topological polar surface area (TPSA) is 275 Å². The van der Waals surface area contributed by atoms with Crippen LogP contribution in [0.1, 0.15) is 47.5 Å². The highest BCUT2D eigenvalue weighted by atomic mass is 31.2. The van der Waals surface area contributed by atoms with Crippen LogP contribution in [0, 0.1) is 0 Å². The number of hydrogen-bond donors (Lipinski definition) is 6. The second kappa shape index (κ2) is 33.4. The number of nitrogens with two attached hydrogens (primary N) is 1. The predicted molar refractivity (Wildman–Crippen MR) is 367 cm³/mol. The van der Waals surface area contributed by atoms with Gasteiger partial charge in [0.05, 0.1) is 77.7 Å². The van der Waals surface area contributed by atoms with Crippen LogP contribution < -0.4 is 62.8 Å². The quantitative estimate of drug-likeness (QED) is 0.0202. The summed E-state index contributed by atoms with van der Waals surface area (Å²) in [6.07, 6.45) is 1.49. The summed E-state index contributed by atoms with van der Waals surface area (Å²) in [5, 5.41) is 6.64. The molecule has 1 aliphatic heterocycles. The Morgan fingerprint density at radius 3 is 1.33 bits per heavy atom. The van der Waals surface area contributed by atoms with Crippen LogP contribution in [-0.2, 0) is 55.8 Å². The number of quaternary nitrogens is 1. The van der Waals surface area contributed by atoms with Crippen LogP contribution in [-0.4, -0.2) is 194 Å². The fourth-order valence-electron chi connectivity index (χ4n) is 10.8. The third-order valence-electron chi connectivity index (χ3n) is 16.0. The minimum absolute atomic E-state index is 0.00210. The summed E-state index contributed by atoms with van der Waals surface area (Å²) in [6.45, 7) is 6.60. The van der Waals surface area contributed by atoms with Crippen molar-refractivity contribution < 1.29 is 56.7 Å². The van der Waals surface area contributed by atoms with Crippen molar-refractivity contribution in [1.29, 1.82) is 0 Å². The molecule has 0 aliphatic carbocycles. The van der Waals surface area contributed by atoms with E-state index in [1.54, 1.807) is 121 Å². The molecule has 4 heterocycles. The van der Waals surface area contributed by atoms with Gasteiger partial charge in [0.1, 0.15) is 33.6 Å². The van der Waals surface area contributed by atoms with Gasteiger partial charge in [0.25, 0.3) is 22.1 Å². The molecule has 22 nitrogen and oxygen atoms in total. The molecule has 0 saturated carbocycles. The van der Waals surface area contributed by atoms with Gasteiger partial charge >= 0.3 is 0 Å². The molecule has 7 aromatic rings. The summed E-state index contributed by atoms with van der Waals surface area (Å²) < 4.78 is 62.7. The van der Waals surface area contributed by atoms with Crippen LogP contribution in [0.5, 0.6) is 17.2 Å². The summed E-state index contributed by atoms with van der Waals surface area (Å²) in [6, 6.07) is 39.2. The highest BCUT2D eigenvalue weighted by Crippen LogP contribution is 2.45. The number of amides is 2. The summed E-state index contributed by atoms with van der Waals surface area (Å²) in [5.41, 5.74) is 9.64. The fraction of sp³-hybridized carbons (Fsp3) is 0.397. The number of aryl methyl sites for hydroxylation is 2. The SMILES string of the molecule is COc1cc(OCCCN)cc(OC)c1-c1cc(CN2CCN(Cc3cc(CCC(=O)NCCN(C)C)cc(P(=O)(O)c4ccccc4)n3)CCN(Cc3cc(CCC(=O)NCC[N+](C)(C)C)cc(P(=O)(O)c4ccccc4)n3)CC2)nc(P(=O)(O)c2ccccc2)c1. The molecule has 4 aromatic carbocycles. The van der Waals surface area contributed by atoms with Gasteiger partial charge in [0.2, 0.25) is 11.8 Å². The largest absolute Gasteiger partial charge is 0.496 e. The first-order valence-electron chi connectivity index (χ1n) is 31.4. The Labute approximate surface area is 547 Å². The zero-order chi connectivity index (χ0) is 66.8. The Morgan fingerprint density at radius 1 is 0.570 bits per heavy atom. The number of likely N-dealkylation sites (N-methyl/N-ethyl adjacent to an activating group) is 2. The maximum absolute atomic E-state index is 14.9. The van der Waals surface area contributed by atoms with Crippen molar-refractivity contribution in [2.24, 2.45) is 5.73 Å². The van der Waals surface area contributed by atoms with Crippen LogP contribution in [0.25, 0.3) is 11.1 Å². The Morgan fingerprint density at radius 2 is 0.957 bits per heavy atom. The summed E-state index contributed by atoms with van der Waals surface area (Å²) >= 11 is 0. The molecule has 8 rings (SSSR count). The highest BCUT2D eigenvalue weighted by Gasteiger charge is 2.32. The number of carbonyl (C=O) groups is 2. The van der Waals surface area contributed by atoms with Crippen LogP contribution >= 0.6 is 22.1 Å². The van der Waals surface area contributed by atoms with Crippen molar-refractivity contribution in [3.63, 3.8) is 0 Å². The minimum Gasteiger partial charge on any atom is -0.496 e. The Bertz CT molecular complexity index is 3750. The molecule has 3 unspecified atom stereocenters. The maximum atomic E-state index is 14.9. The maximum Gasteiger partial charge on any atom is 0.276 e. The molecule has 93 heavy (non-hydrogen) atoms. The van der Waals surface area contributed by atoms with E-state index in [1.807, 2.05) is 37.2 Å². The van der Waals surface area contributed by atoms with E-state index in [-0.39, 0.29) is 82.9 Å². The van der Waals surface area contributed by atoms with Crippen LogP contribution in [0.15, 0.2) is 140 Å². The lowest BCUT2D eigenvalue weighted by atomic mass is 10.0. The van der Waals surface area contributed by atoms with Gasteiger partial charge in [-0.2, -0.15) is 0 Å². The molecule has 498 valence electrons. The first kappa shape index (κ1) is 71.8. The van der Waals surface area contributed by atoms with E-state index >= 15 is 0 Å². The lowest BCUT2D eigenvalue weighted by molar-refractivity contribution is -0.869. The van der Waals surface area contributed by atoms with Crippen LogP contribution in [0.4, 0.5) is 0 Å². The molecule has 1 aliphatic rings. The summed E-state index contributed by atoms with van der Waals surface area (Å²) in [7, 11) is 0.276. The normalized spacial score (nSPS) is 15.6. The molecule has 1 fully saturated rings. The molecule has 2 amide bonds. The second-order valence-corrected chi connectivity index (χ2v) is 31.0.